The average molecular weight is 267 g/mol. The molecule has 19 heavy (non-hydrogen) atoms. The smallest absolute Gasteiger partial charge is 0.251 e. The summed E-state index contributed by atoms with van der Waals surface area (Å²) in [6.45, 7) is 0.815. The van der Waals surface area contributed by atoms with Gasteiger partial charge < -0.3 is 25.4 Å². The number of hydrogen-bond donors (Lipinski definition) is 4. The Hall–Kier alpha value is -1.79. The number of carbonyl (C=O) groups excluding carboxylic acids is 1. The number of ether oxygens (including phenoxy) is 1. The van der Waals surface area contributed by atoms with Crippen molar-refractivity contribution in [1.29, 1.82) is 0 Å². The Kier molecular flexibility index (Phi) is 3.92. The SMILES string of the molecule is O=C(NC1(CO)CCOCC1)c1ccc(O)c(O)c1. The number of hydrogen-bond acceptors (Lipinski definition) is 5. The van der Waals surface area contributed by atoms with Crippen LogP contribution in [0.15, 0.2) is 18.2 Å². The van der Waals surface area contributed by atoms with E-state index in [-0.39, 0.29) is 23.7 Å². The molecule has 1 aliphatic heterocycles. The van der Waals surface area contributed by atoms with Crippen molar-refractivity contribution < 1.29 is 24.9 Å². The molecule has 0 aromatic heterocycles. The normalized spacial score (nSPS) is 17.9. The van der Waals surface area contributed by atoms with E-state index in [4.69, 9.17) is 4.74 Å². The highest BCUT2D eigenvalue weighted by molar-refractivity contribution is 5.95. The molecule has 0 radical (unpaired) electrons. The van der Waals surface area contributed by atoms with Gasteiger partial charge in [0.1, 0.15) is 0 Å². The molecule has 1 fully saturated rings. The third kappa shape index (κ3) is 2.97. The van der Waals surface area contributed by atoms with E-state index < -0.39 is 11.4 Å². The fourth-order valence-electron chi connectivity index (χ4n) is 2.06. The Morgan fingerprint density at radius 2 is 1.95 bits per heavy atom. The molecule has 0 spiro atoms. The van der Waals surface area contributed by atoms with E-state index >= 15 is 0 Å². The predicted molar refractivity (Wildman–Crippen MR) is 67.1 cm³/mol. The summed E-state index contributed by atoms with van der Waals surface area (Å²) in [6.07, 6.45) is 1.08. The van der Waals surface area contributed by atoms with Gasteiger partial charge >= 0.3 is 0 Å². The summed E-state index contributed by atoms with van der Waals surface area (Å²) in [5.74, 6) is -1.02. The molecule has 6 nitrogen and oxygen atoms in total. The van der Waals surface area contributed by atoms with Gasteiger partial charge in [-0.1, -0.05) is 0 Å². The van der Waals surface area contributed by atoms with Crippen LogP contribution in [-0.4, -0.2) is 46.6 Å². The van der Waals surface area contributed by atoms with Gasteiger partial charge in [-0.2, -0.15) is 0 Å². The van der Waals surface area contributed by atoms with Gasteiger partial charge in [0.25, 0.3) is 5.91 Å². The molecule has 4 N–H and O–H groups in total. The van der Waals surface area contributed by atoms with Gasteiger partial charge in [0.2, 0.25) is 0 Å². The number of nitrogens with one attached hydrogen (secondary N) is 1. The van der Waals surface area contributed by atoms with Crippen molar-refractivity contribution in [3.8, 4) is 11.5 Å². The van der Waals surface area contributed by atoms with Crippen LogP contribution in [0.3, 0.4) is 0 Å². The maximum Gasteiger partial charge on any atom is 0.251 e. The molecule has 1 heterocycles. The number of aromatic hydroxyl groups is 2. The van der Waals surface area contributed by atoms with Crippen molar-refractivity contribution in [1.82, 2.24) is 5.32 Å². The lowest BCUT2D eigenvalue weighted by Crippen LogP contribution is -2.54. The van der Waals surface area contributed by atoms with Crippen molar-refractivity contribution in [2.24, 2.45) is 0 Å². The minimum absolute atomic E-state index is 0.161. The van der Waals surface area contributed by atoms with Crippen molar-refractivity contribution in [3.63, 3.8) is 0 Å². The Bertz CT molecular complexity index is 468. The maximum atomic E-state index is 12.1. The van der Waals surface area contributed by atoms with E-state index in [1.807, 2.05) is 0 Å². The molecule has 1 saturated heterocycles. The minimum Gasteiger partial charge on any atom is -0.504 e. The Labute approximate surface area is 110 Å². The average Bonchev–Trinajstić information content (AvgIpc) is 2.43. The highest BCUT2D eigenvalue weighted by atomic mass is 16.5. The topological polar surface area (TPSA) is 99.0 Å². The van der Waals surface area contributed by atoms with E-state index in [9.17, 15) is 20.1 Å². The number of aliphatic hydroxyl groups excluding tert-OH is 1. The lowest BCUT2D eigenvalue weighted by Gasteiger charge is -2.36. The van der Waals surface area contributed by atoms with E-state index in [1.165, 1.54) is 18.2 Å². The molecule has 6 heteroatoms. The molecule has 1 aliphatic rings. The molecular weight excluding hydrogens is 250 g/mol. The van der Waals surface area contributed by atoms with Gasteiger partial charge in [0, 0.05) is 18.8 Å². The van der Waals surface area contributed by atoms with Gasteiger partial charge in [-0.3, -0.25) is 4.79 Å². The first-order valence-electron chi connectivity index (χ1n) is 6.09. The lowest BCUT2D eigenvalue weighted by atomic mass is 9.90. The Balaban J connectivity index is 2.12. The van der Waals surface area contributed by atoms with Crippen molar-refractivity contribution in [2.75, 3.05) is 19.8 Å². The van der Waals surface area contributed by atoms with Crippen LogP contribution >= 0.6 is 0 Å². The third-order valence-electron chi connectivity index (χ3n) is 3.37. The van der Waals surface area contributed by atoms with E-state index in [1.54, 1.807) is 0 Å². The van der Waals surface area contributed by atoms with Crippen LogP contribution in [0.2, 0.25) is 0 Å². The predicted octanol–water partition coefficient (Wildman–Crippen LogP) is 0.369. The third-order valence-corrected chi connectivity index (χ3v) is 3.37. The van der Waals surface area contributed by atoms with Gasteiger partial charge in [-0.05, 0) is 31.0 Å². The molecule has 1 amide bonds. The zero-order valence-corrected chi connectivity index (χ0v) is 10.4. The zero-order chi connectivity index (χ0) is 13.9. The second kappa shape index (κ2) is 5.46. The first-order chi connectivity index (χ1) is 9.06. The highest BCUT2D eigenvalue weighted by Gasteiger charge is 2.33. The molecule has 1 aromatic rings. The van der Waals surface area contributed by atoms with Crippen LogP contribution in [0.25, 0.3) is 0 Å². The van der Waals surface area contributed by atoms with E-state index in [2.05, 4.69) is 5.32 Å². The molecular formula is C13H17NO5. The first kappa shape index (κ1) is 13.6. The fourth-order valence-corrected chi connectivity index (χ4v) is 2.06. The maximum absolute atomic E-state index is 12.1. The zero-order valence-electron chi connectivity index (χ0n) is 10.4. The second-order valence-corrected chi connectivity index (χ2v) is 4.71. The summed E-state index contributed by atoms with van der Waals surface area (Å²) >= 11 is 0. The number of benzene rings is 1. The molecule has 2 rings (SSSR count). The summed E-state index contributed by atoms with van der Waals surface area (Å²) in [5.41, 5.74) is -0.447. The van der Waals surface area contributed by atoms with E-state index in [0.29, 0.717) is 26.1 Å². The van der Waals surface area contributed by atoms with Gasteiger partial charge in [0.05, 0.1) is 12.1 Å². The van der Waals surface area contributed by atoms with Crippen LogP contribution < -0.4 is 5.32 Å². The van der Waals surface area contributed by atoms with Crippen LogP contribution in [0.5, 0.6) is 11.5 Å². The monoisotopic (exact) mass is 267 g/mol. The van der Waals surface area contributed by atoms with Crippen LogP contribution in [0.4, 0.5) is 0 Å². The number of phenolic OH excluding ortho intramolecular Hbond substituents is 2. The largest absolute Gasteiger partial charge is 0.504 e. The summed E-state index contributed by atoms with van der Waals surface area (Å²) in [7, 11) is 0. The fraction of sp³-hybridized carbons (Fsp3) is 0.462. The van der Waals surface area contributed by atoms with Gasteiger partial charge in [-0.15, -0.1) is 0 Å². The molecule has 0 unspecified atom stereocenters. The quantitative estimate of drug-likeness (QED) is 0.593. The Morgan fingerprint density at radius 3 is 2.53 bits per heavy atom. The van der Waals surface area contributed by atoms with Crippen LogP contribution in [0, 0.1) is 0 Å². The van der Waals surface area contributed by atoms with Crippen molar-refractivity contribution in [3.05, 3.63) is 23.8 Å². The lowest BCUT2D eigenvalue weighted by molar-refractivity contribution is 0.0125. The van der Waals surface area contributed by atoms with Crippen molar-refractivity contribution >= 4 is 5.91 Å². The molecule has 0 aliphatic carbocycles. The van der Waals surface area contributed by atoms with E-state index in [0.717, 1.165) is 0 Å². The van der Waals surface area contributed by atoms with Crippen molar-refractivity contribution in [2.45, 2.75) is 18.4 Å². The molecule has 104 valence electrons. The standard InChI is InChI=1S/C13H17NO5/c15-8-13(3-5-19-6-4-13)14-12(18)9-1-2-10(16)11(17)7-9/h1-2,7,15-17H,3-6,8H2,(H,14,18). The number of amides is 1. The summed E-state index contributed by atoms with van der Waals surface area (Å²) in [5, 5.41) is 30.8. The van der Waals surface area contributed by atoms with Crippen LogP contribution in [0.1, 0.15) is 23.2 Å². The number of phenols is 2. The Morgan fingerprint density at radius 1 is 1.26 bits per heavy atom. The molecule has 0 atom stereocenters. The number of carbonyl (C=O) groups is 1. The summed E-state index contributed by atoms with van der Waals surface area (Å²) < 4.78 is 5.21. The number of rotatable bonds is 3. The molecule has 0 bridgehead atoms. The minimum atomic E-state index is -0.678. The van der Waals surface area contributed by atoms with Gasteiger partial charge in [0.15, 0.2) is 11.5 Å². The number of aliphatic hydroxyl groups is 1. The van der Waals surface area contributed by atoms with Crippen LogP contribution in [-0.2, 0) is 4.74 Å². The first-order valence-corrected chi connectivity index (χ1v) is 6.09. The summed E-state index contributed by atoms with van der Waals surface area (Å²) in [4.78, 5) is 12.1. The second-order valence-electron chi connectivity index (χ2n) is 4.71. The highest BCUT2D eigenvalue weighted by Crippen LogP contribution is 2.26. The molecule has 1 aromatic carbocycles. The van der Waals surface area contributed by atoms with Gasteiger partial charge in [-0.25, -0.2) is 0 Å². The molecule has 0 saturated carbocycles. The summed E-state index contributed by atoms with van der Waals surface area (Å²) in [6, 6.07) is 3.85.